The molecule has 0 fully saturated rings. The van der Waals surface area contributed by atoms with Crippen molar-refractivity contribution >= 4 is 43.2 Å². The second kappa shape index (κ2) is 6.75. The number of hydrogen-bond acceptors (Lipinski definition) is 12. The zero-order chi connectivity index (χ0) is 24.5. The van der Waals surface area contributed by atoms with E-state index in [9.17, 15) is 66.0 Å². The van der Waals surface area contributed by atoms with Gasteiger partial charge in [-0.05, 0) is 12.1 Å². The van der Waals surface area contributed by atoms with E-state index in [1.54, 1.807) is 0 Å². The highest BCUT2D eigenvalue weighted by molar-refractivity contribution is 7.86. The number of benzene rings is 2. The van der Waals surface area contributed by atoms with Gasteiger partial charge in [0.2, 0.25) is 23.1 Å². The first-order valence-electron chi connectivity index (χ1n) is 7.63. The number of carbonyl (C=O) groups is 2. The van der Waals surface area contributed by atoms with Crippen LogP contribution in [0.4, 0.5) is 11.4 Å². The number of hydrogen-bond donors (Lipinski definition) is 4. The Morgan fingerprint density at radius 3 is 1.19 bits per heavy atom. The number of rotatable bonds is 4. The SMILES string of the molecule is O=C1c2cc(S(=O)(=O)O)c(O)c([N+](=O)[O-])c2C(=O)c2cc(S(=O)(=O)O)c(O)c([N+](=O)[O-])c21. The number of nitro groups is 2. The van der Waals surface area contributed by atoms with E-state index in [0.717, 1.165) is 0 Å². The predicted octanol–water partition coefficient (Wildman–Crippen LogP) is 0.183. The monoisotopic (exact) mass is 490 g/mol. The van der Waals surface area contributed by atoms with Crippen LogP contribution < -0.4 is 0 Å². The lowest BCUT2D eigenvalue weighted by molar-refractivity contribution is -0.386. The standard InChI is InChI=1S/C14H6N2O14S2/c17-11-3-1-5(31(25,26)27)13(19)9(15(21)22)7(3)12(18)4-2-6(32(28,29)30)14(20)10(8(4)11)16(23)24/h1-2,19-20H,(H,25,26,27)(H,28,29,30). The average molecular weight is 490 g/mol. The van der Waals surface area contributed by atoms with E-state index in [2.05, 4.69) is 0 Å². The maximum atomic E-state index is 12.9. The molecule has 4 N–H and O–H groups in total. The lowest BCUT2D eigenvalue weighted by Gasteiger charge is -2.19. The Kier molecular flexibility index (Phi) is 4.78. The third-order valence-corrected chi connectivity index (χ3v) is 6.08. The van der Waals surface area contributed by atoms with Crippen molar-refractivity contribution in [2.24, 2.45) is 0 Å². The summed E-state index contributed by atoms with van der Waals surface area (Å²) in [5.74, 6) is -6.81. The van der Waals surface area contributed by atoms with Crippen molar-refractivity contribution in [3.05, 3.63) is 54.6 Å². The second-order valence-corrected chi connectivity index (χ2v) is 8.89. The normalized spacial score (nSPS) is 13.4. The maximum Gasteiger partial charge on any atom is 0.324 e. The van der Waals surface area contributed by atoms with Crippen LogP contribution in [0.2, 0.25) is 0 Å². The Morgan fingerprint density at radius 2 is 0.969 bits per heavy atom. The van der Waals surface area contributed by atoms with Crippen LogP contribution in [-0.4, -0.2) is 57.6 Å². The number of nitro benzene ring substituents is 2. The van der Waals surface area contributed by atoms with Crippen LogP contribution in [0.25, 0.3) is 0 Å². The second-order valence-electron chi connectivity index (χ2n) is 6.11. The third-order valence-electron chi connectivity index (χ3n) is 4.34. The topological polar surface area (TPSA) is 270 Å². The Morgan fingerprint density at radius 1 is 0.688 bits per heavy atom. The summed E-state index contributed by atoms with van der Waals surface area (Å²) in [6, 6.07) is 0.293. The lowest BCUT2D eigenvalue weighted by atomic mass is 9.82. The molecule has 18 heteroatoms. The smallest absolute Gasteiger partial charge is 0.324 e. The van der Waals surface area contributed by atoms with Crippen molar-refractivity contribution in [2.45, 2.75) is 9.79 Å². The summed E-state index contributed by atoms with van der Waals surface area (Å²) in [4.78, 5) is 42.5. The molecule has 32 heavy (non-hydrogen) atoms. The molecule has 1 aliphatic carbocycles. The molecule has 0 saturated carbocycles. The van der Waals surface area contributed by atoms with Crippen molar-refractivity contribution in [1.82, 2.24) is 0 Å². The number of aromatic hydroxyl groups is 2. The van der Waals surface area contributed by atoms with E-state index in [0.29, 0.717) is 0 Å². The molecule has 16 nitrogen and oxygen atoms in total. The summed E-state index contributed by atoms with van der Waals surface area (Å²) >= 11 is 0. The van der Waals surface area contributed by atoms with Gasteiger partial charge in [0.25, 0.3) is 20.2 Å². The molecule has 2 aromatic rings. The molecular weight excluding hydrogens is 484 g/mol. The van der Waals surface area contributed by atoms with Crippen molar-refractivity contribution < 1.29 is 55.6 Å². The highest BCUT2D eigenvalue weighted by atomic mass is 32.2. The van der Waals surface area contributed by atoms with Gasteiger partial charge in [-0.25, -0.2) is 0 Å². The fraction of sp³-hybridized carbons (Fsp3) is 0. The van der Waals surface area contributed by atoms with Crippen molar-refractivity contribution in [3.63, 3.8) is 0 Å². The summed E-state index contributed by atoms with van der Waals surface area (Å²) in [6.07, 6.45) is 0. The molecule has 0 saturated heterocycles. The van der Waals surface area contributed by atoms with Gasteiger partial charge in [-0.3, -0.25) is 38.9 Å². The molecule has 0 spiro atoms. The number of phenols is 2. The summed E-state index contributed by atoms with van der Waals surface area (Å²) in [5, 5.41) is 42.7. The van der Waals surface area contributed by atoms with Gasteiger partial charge in [0.15, 0.2) is 0 Å². The summed E-state index contributed by atoms with van der Waals surface area (Å²) < 4.78 is 64.2. The number of carbonyl (C=O) groups excluding carboxylic acids is 2. The van der Waals surface area contributed by atoms with Crippen LogP contribution in [0.3, 0.4) is 0 Å². The molecule has 0 bridgehead atoms. The lowest BCUT2D eigenvalue weighted by Crippen LogP contribution is -2.25. The summed E-state index contributed by atoms with van der Waals surface area (Å²) in [6.45, 7) is 0. The number of ketones is 2. The molecule has 0 aliphatic heterocycles. The van der Waals surface area contributed by atoms with Gasteiger partial charge in [0.1, 0.15) is 20.9 Å². The minimum absolute atomic E-state index is 0.146. The van der Waals surface area contributed by atoms with E-state index in [4.69, 9.17) is 0 Å². The van der Waals surface area contributed by atoms with Gasteiger partial charge in [-0.2, -0.15) is 16.8 Å². The quantitative estimate of drug-likeness (QED) is 0.216. The summed E-state index contributed by atoms with van der Waals surface area (Å²) in [7, 11) is -10.8. The number of fused-ring (bicyclic) bond motifs is 2. The van der Waals surface area contributed by atoms with Crippen molar-refractivity contribution in [3.8, 4) is 11.5 Å². The Bertz CT molecular complexity index is 1410. The minimum Gasteiger partial charge on any atom is -0.501 e. The molecule has 0 aromatic heterocycles. The predicted molar refractivity (Wildman–Crippen MR) is 96.0 cm³/mol. The van der Waals surface area contributed by atoms with Gasteiger partial charge >= 0.3 is 11.4 Å². The molecule has 168 valence electrons. The van der Waals surface area contributed by atoms with Gasteiger partial charge in [-0.1, -0.05) is 0 Å². The molecule has 0 atom stereocenters. The highest BCUT2D eigenvalue weighted by Gasteiger charge is 2.46. The van der Waals surface area contributed by atoms with Crippen LogP contribution in [0.5, 0.6) is 11.5 Å². The first-order valence-corrected chi connectivity index (χ1v) is 10.5. The average Bonchev–Trinajstić information content (AvgIpc) is 2.62. The first-order chi connectivity index (χ1) is 14.5. The molecule has 0 unspecified atom stereocenters. The van der Waals surface area contributed by atoms with Gasteiger partial charge < -0.3 is 10.2 Å². The fourth-order valence-corrected chi connectivity index (χ4v) is 4.32. The zero-order valence-electron chi connectivity index (χ0n) is 14.7. The third kappa shape index (κ3) is 3.13. The molecular formula is C14H6N2O14S2. The Labute approximate surface area is 175 Å². The van der Waals surface area contributed by atoms with E-state index in [1.165, 1.54) is 0 Å². The molecule has 3 rings (SSSR count). The van der Waals surface area contributed by atoms with Gasteiger partial charge in [-0.15, -0.1) is 0 Å². The first kappa shape index (κ1) is 22.7. The van der Waals surface area contributed by atoms with Gasteiger partial charge in [0.05, 0.1) is 9.85 Å². The number of nitrogens with zero attached hydrogens (tertiary/aromatic N) is 2. The van der Waals surface area contributed by atoms with Crippen LogP contribution in [0.15, 0.2) is 21.9 Å². The van der Waals surface area contributed by atoms with Crippen molar-refractivity contribution in [2.75, 3.05) is 0 Å². The Hall–Kier alpha value is -4.00. The number of phenolic OH excluding ortho intramolecular Hbond substituents is 2. The molecule has 1 aliphatic rings. The van der Waals surface area contributed by atoms with Crippen molar-refractivity contribution in [1.29, 1.82) is 0 Å². The van der Waals surface area contributed by atoms with Crippen LogP contribution in [0.1, 0.15) is 31.8 Å². The van der Waals surface area contributed by atoms with Crippen LogP contribution >= 0.6 is 0 Å². The van der Waals surface area contributed by atoms with Crippen LogP contribution in [0, 0.1) is 20.2 Å². The van der Waals surface area contributed by atoms with Gasteiger partial charge in [0, 0.05) is 11.1 Å². The maximum absolute atomic E-state index is 12.9. The fourth-order valence-electron chi connectivity index (χ4n) is 3.10. The zero-order valence-corrected chi connectivity index (χ0v) is 16.4. The molecule has 0 radical (unpaired) electrons. The summed E-state index contributed by atoms with van der Waals surface area (Å²) in [5.41, 5.74) is -8.27. The molecule has 0 amide bonds. The van der Waals surface area contributed by atoms with E-state index < -0.39 is 96.6 Å². The Balaban J connectivity index is 2.60. The molecule has 2 aromatic carbocycles. The van der Waals surface area contributed by atoms with E-state index >= 15 is 0 Å². The van der Waals surface area contributed by atoms with E-state index in [1.807, 2.05) is 0 Å². The highest BCUT2D eigenvalue weighted by Crippen LogP contribution is 2.47. The largest absolute Gasteiger partial charge is 0.501 e. The molecule has 0 heterocycles. The van der Waals surface area contributed by atoms with E-state index in [-0.39, 0.29) is 12.1 Å². The minimum atomic E-state index is -5.42. The van der Waals surface area contributed by atoms with Crippen LogP contribution in [-0.2, 0) is 20.2 Å².